The molecule has 6 heteroatoms. The average Bonchev–Trinajstić information content (AvgIpc) is 3.27. The molecule has 1 saturated carbocycles. The SMILES string of the molecule is CN=C(NCc1csc(CCc2ccccc2)n1)NC1CC1.I. The van der Waals surface area contributed by atoms with Crippen molar-refractivity contribution in [2.75, 3.05) is 7.05 Å². The summed E-state index contributed by atoms with van der Waals surface area (Å²) >= 11 is 1.74. The van der Waals surface area contributed by atoms with E-state index in [4.69, 9.17) is 4.98 Å². The number of thiazole rings is 1. The fourth-order valence-corrected chi connectivity index (χ4v) is 3.03. The molecule has 1 heterocycles. The van der Waals surface area contributed by atoms with Gasteiger partial charge in [-0.15, -0.1) is 35.3 Å². The number of aromatic nitrogens is 1. The summed E-state index contributed by atoms with van der Waals surface area (Å²) in [5.74, 6) is 0.876. The van der Waals surface area contributed by atoms with E-state index in [1.54, 1.807) is 11.3 Å². The molecule has 0 bridgehead atoms. The fraction of sp³-hybridized carbons (Fsp3) is 0.412. The maximum absolute atomic E-state index is 4.70. The maximum Gasteiger partial charge on any atom is 0.191 e. The number of benzene rings is 1. The van der Waals surface area contributed by atoms with Gasteiger partial charge in [-0.05, 0) is 24.8 Å². The Balaban J connectivity index is 0.00000192. The molecular formula is C17H23IN4S. The zero-order valence-corrected chi connectivity index (χ0v) is 16.4. The van der Waals surface area contributed by atoms with Gasteiger partial charge in [0.25, 0.3) is 0 Å². The van der Waals surface area contributed by atoms with Crippen LogP contribution in [0.3, 0.4) is 0 Å². The van der Waals surface area contributed by atoms with Gasteiger partial charge in [0.2, 0.25) is 0 Å². The van der Waals surface area contributed by atoms with Crippen molar-refractivity contribution in [2.45, 2.75) is 38.3 Å². The molecule has 124 valence electrons. The number of hydrogen-bond acceptors (Lipinski definition) is 3. The molecule has 1 aromatic carbocycles. The highest BCUT2D eigenvalue weighted by molar-refractivity contribution is 14.0. The quantitative estimate of drug-likeness (QED) is 0.410. The van der Waals surface area contributed by atoms with Crippen LogP contribution >= 0.6 is 35.3 Å². The summed E-state index contributed by atoms with van der Waals surface area (Å²) in [4.78, 5) is 8.94. The van der Waals surface area contributed by atoms with Gasteiger partial charge in [0.1, 0.15) is 0 Å². The monoisotopic (exact) mass is 442 g/mol. The first-order valence-corrected chi connectivity index (χ1v) is 8.66. The molecular weight excluding hydrogens is 419 g/mol. The van der Waals surface area contributed by atoms with Crippen molar-refractivity contribution in [1.29, 1.82) is 0 Å². The van der Waals surface area contributed by atoms with Gasteiger partial charge in [-0.3, -0.25) is 4.99 Å². The van der Waals surface area contributed by atoms with Crippen molar-refractivity contribution < 1.29 is 0 Å². The maximum atomic E-state index is 4.70. The minimum atomic E-state index is 0. The lowest BCUT2D eigenvalue weighted by atomic mass is 10.1. The Kier molecular flexibility index (Phi) is 7.29. The first kappa shape index (κ1) is 18.2. The Hall–Kier alpha value is -1.15. The predicted octanol–water partition coefficient (Wildman–Crippen LogP) is 3.37. The van der Waals surface area contributed by atoms with Crippen LogP contribution in [0, 0.1) is 0 Å². The molecule has 2 N–H and O–H groups in total. The van der Waals surface area contributed by atoms with Gasteiger partial charge in [-0.2, -0.15) is 0 Å². The molecule has 1 fully saturated rings. The zero-order valence-electron chi connectivity index (χ0n) is 13.3. The zero-order chi connectivity index (χ0) is 15.2. The van der Waals surface area contributed by atoms with Gasteiger partial charge in [-0.1, -0.05) is 30.3 Å². The summed E-state index contributed by atoms with van der Waals surface area (Å²) in [6, 6.07) is 11.2. The highest BCUT2D eigenvalue weighted by Crippen LogP contribution is 2.18. The summed E-state index contributed by atoms with van der Waals surface area (Å²) in [5.41, 5.74) is 2.46. The van der Waals surface area contributed by atoms with Crippen LogP contribution in [-0.4, -0.2) is 24.0 Å². The van der Waals surface area contributed by atoms with E-state index >= 15 is 0 Å². The van der Waals surface area contributed by atoms with Gasteiger partial charge in [-0.25, -0.2) is 4.98 Å². The molecule has 0 radical (unpaired) electrons. The third-order valence-electron chi connectivity index (χ3n) is 3.65. The molecule has 1 aromatic heterocycles. The molecule has 0 aliphatic heterocycles. The van der Waals surface area contributed by atoms with Crippen LogP contribution in [0.4, 0.5) is 0 Å². The number of aliphatic imine (C=N–C) groups is 1. The fourth-order valence-electron chi connectivity index (χ4n) is 2.23. The molecule has 0 unspecified atom stereocenters. The van der Waals surface area contributed by atoms with Gasteiger partial charge < -0.3 is 10.6 Å². The molecule has 1 aliphatic carbocycles. The van der Waals surface area contributed by atoms with Crippen LogP contribution in [0.15, 0.2) is 40.7 Å². The molecule has 23 heavy (non-hydrogen) atoms. The van der Waals surface area contributed by atoms with Crippen molar-refractivity contribution in [3.63, 3.8) is 0 Å². The average molecular weight is 442 g/mol. The van der Waals surface area contributed by atoms with Crippen LogP contribution < -0.4 is 10.6 Å². The van der Waals surface area contributed by atoms with Crippen molar-refractivity contribution in [2.24, 2.45) is 4.99 Å². The summed E-state index contributed by atoms with van der Waals surface area (Å²) < 4.78 is 0. The van der Waals surface area contributed by atoms with Crippen LogP contribution in [0.2, 0.25) is 0 Å². The first-order chi connectivity index (χ1) is 10.8. The lowest BCUT2D eigenvalue weighted by Gasteiger charge is -2.09. The minimum Gasteiger partial charge on any atom is -0.354 e. The Morgan fingerprint density at radius 2 is 2.04 bits per heavy atom. The largest absolute Gasteiger partial charge is 0.354 e. The third-order valence-corrected chi connectivity index (χ3v) is 4.61. The Labute approximate surface area is 158 Å². The first-order valence-electron chi connectivity index (χ1n) is 7.78. The predicted molar refractivity (Wildman–Crippen MR) is 108 cm³/mol. The molecule has 0 amide bonds. The van der Waals surface area contributed by atoms with Crippen molar-refractivity contribution >= 4 is 41.3 Å². The lowest BCUT2D eigenvalue weighted by Crippen LogP contribution is -2.38. The highest BCUT2D eigenvalue weighted by Gasteiger charge is 2.22. The second-order valence-electron chi connectivity index (χ2n) is 5.56. The normalized spacial score (nSPS) is 14.2. The van der Waals surface area contributed by atoms with Crippen molar-refractivity contribution in [3.05, 3.63) is 52.0 Å². The van der Waals surface area contributed by atoms with Gasteiger partial charge in [0.05, 0.1) is 17.2 Å². The van der Waals surface area contributed by atoms with Crippen LogP contribution in [0.5, 0.6) is 0 Å². The smallest absolute Gasteiger partial charge is 0.191 e. The number of aryl methyl sites for hydroxylation is 2. The second-order valence-corrected chi connectivity index (χ2v) is 6.51. The molecule has 1 aliphatic rings. The number of hydrogen-bond donors (Lipinski definition) is 2. The number of nitrogens with zero attached hydrogens (tertiary/aromatic N) is 2. The molecule has 0 atom stereocenters. The van der Waals surface area contributed by atoms with E-state index in [1.807, 2.05) is 7.05 Å². The molecule has 0 saturated heterocycles. The summed E-state index contributed by atoms with van der Waals surface area (Å²) in [7, 11) is 1.81. The number of rotatable bonds is 6. The lowest BCUT2D eigenvalue weighted by molar-refractivity contribution is 0.790. The molecule has 4 nitrogen and oxygen atoms in total. The van der Waals surface area contributed by atoms with Crippen LogP contribution in [-0.2, 0) is 19.4 Å². The molecule has 2 aromatic rings. The van der Waals surface area contributed by atoms with E-state index < -0.39 is 0 Å². The Morgan fingerprint density at radius 3 is 2.74 bits per heavy atom. The summed E-state index contributed by atoms with van der Waals surface area (Å²) in [6.45, 7) is 0.730. The third kappa shape index (κ3) is 6.10. The number of guanidine groups is 1. The summed E-state index contributed by atoms with van der Waals surface area (Å²) in [5, 5.41) is 10.0. The van der Waals surface area contributed by atoms with Crippen molar-refractivity contribution in [3.8, 4) is 0 Å². The van der Waals surface area contributed by atoms with Crippen molar-refractivity contribution in [1.82, 2.24) is 15.6 Å². The number of nitrogens with one attached hydrogen (secondary N) is 2. The van der Waals surface area contributed by atoms with E-state index in [1.165, 1.54) is 23.4 Å². The van der Waals surface area contributed by atoms with E-state index in [0.717, 1.165) is 31.0 Å². The van der Waals surface area contributed by atoms with Crippen LogP contribution in [0.1, 0.15) is 29.1 Å². The standard InChI is InChI=1S/C17H22N4S.HI/c1-18-17(21-14-8-9-14)19-11-15-12-22-16(20-15)10-7-13-5-3-2-4-6-13;/h2-6,12,14H,7-11H2,1H3,(H2,18,19,21);1H. The Bertz CT molecular complexity index is 623. The molecule has 0 spiro atoms. The van der Waals surface area contributed by atoms with E-state index in [-0.39, 0.29) is 24.0 Å². The second kappa shape index (κ2) is 9.22. The Morgan fingerprint density at radius 1 is 1.26 bits per heavy atom. The molecule has 3 rings (SSSR count). The summed E-state index contributed by atoms with van der Waals surface area (Å²) in [6.07, 6.45) is 4.55. The topological polar surface area (TPSA) is 49.3 Å². The van der Waals surface area contributed by atoms with Crippen LogP contribution in [0.25, 0.3) is 0 Å². The minimum absolute atomic E-state index is 0. The number of halogens is 1. The van der Waals surface area contributed by atoms with Gasteiger partial charge in [0.15, 0.2) is 5.96 Å². The highest BCUT2D eigenvalue weighted by atomic mass is 127. The van der Waals surface area contributed by atoms with Gasteiger partial charge >= 0.3 is 0 Å². The van der Waals surface area contributed by atoms with E-state index in [9.17, 15) is 0 Å². The van der Waals surface area contributed by atoms with E-state index in [0.29, 0.717) is 6.04 Å². The van der Waals surface area contributed by atoms with E-state index in [2.05, 4.69) is 51.3 Å². The van der Waals surface area contributed by atoms with Gasteiger partial charge in [0, 0.05) is 24.9 Å².